The van der Waals surface area contributed by atoms with Crippen LogP contribution in [0.25, 0.3) is 0 Å². The summed E-state index contributed by atoms with van der Waals surface area (Å²) in [5, 5.41) is 15.2. The molecule has 0 saturated carbocycles. The van der Waals surface area contributed by atoms with E-state index in [4.69, 9.17) is 5.21 Å². The molecule has 2 aliphatic rings. The highest BCUT2D eigenvalue weighted by Crippen LogP contribution is 2.28. The number of piperidine rings is 1. The maximum Gasteiger partial charge on any atom is 0.246 e. The molecule has 6 heteroatoms. The van der Waals surface area contributed by atoms with Gasteiger partial charge in [0.25, 0.3) is 0 Å². The molecule has 1 heterocycles. The summed E-state index contributed by atoms with van der Waals surface area (Å²) in [4.78, 5) is 24.2. The maximum atomic E-state index is 12.5. The number of rotatable bonds is 5. The molecule has 1 fully saturated rings. The van der Waals surface area contributed by atoms with Crippen LogP contribution >= 0.6 is 0 Å². The zero-order chi connectivity index (χ0) is 18.6. The molecule has 1 aromatic rings. The Morgan fingerprint density at radius 2 is 2.04 bits per heavy atom. The summed E-state index contributed by atoms with van der Waals surface area (Å²) < 4.78 is 0. The van der Waals surface area contributed by atoms with Crippen LogP contribution in [0.3, 0.4) is 0 Å². The fourth-order valence-corrected chi connectivity index (χ4v) is 4.02. The van der Waals surface area contributed by atoms with Gasteiger partial charge >= 0.3 is 0 Å². The van der Waals surface area contributed by atoms with E-state index in [2.05, 4.69) is 35.8 Å². The van der Waals surface area contributed by atoms with Crippen LogP contribution in [-0.4, -0.2) is 36.7 Å². The number of hydrogen-bond donors (Lipinski definition) is 4. The Morgan fingerprint density at radius 3 is 2.77 bits per heavy atom. The van der Waals surface area contributed by atoms with Gasteiger partial charge < -0.3 is 10.6 Å². The molecule has 6 nitrogen and oxygen atoms in total. The predicted molar refractivity (Wildman–Crippen MR) is 98.8 cm³/mol. The molecule has 0 radical (unpaired) electrons. The second-order valence-corrected chi connectivity index (χ2v) is 7.84. The van der Waals surface area contributed by atoms with E-state index >= 15 is 0 Å². The zero-order valence-corrected chi connectivity index (χ0v) is 15.4. The van der Waals surface area contributed by atoms with Gasteiger partial charge in [0.1, 0.15) is 0 Å². The molecule has 2 amide bonds. The van der Waals surface area contributed by atoms with Crippen LogP contribution in [0.1, 0.15) is 42.9 Å². The quantitative estimate of drug-likeness (QED) is 0.472. The van der Waals surface area contributed by atoms with E-state index < -0.39 is 0 Å². The number of carbonyl (C=O) groups is 2. The molecular weight excluding hydrogens is 330 g/mol. The van der Waals surface area contributed by atoms with Crippen molar-refractivity contribution in [2.24, 2.45) is 11.3 Å². The predicted octanol–water partition coefficient (Wildman–Crippen LogP) is 1.35. The second-order valence-electron chi connectivity index (χ2n) is 7.84. The van der Waals surface area contributed by atoms with Crippen LogP contribution in [0, 0.1) is 11.3 Å². The van der Waals surface area contributed by atoms with Gasteiger partial charge in [0.2, 0.25) is 11.8 Å². The Morgan fingerprint density at radius 1 is 1.27 bits per heavy atom. The van der Waals surface area contributed by atoms with Gasteiger partial charge in [-0.3, -0.25) is 14.8 Å². The minimum atomic E-state index is -0.302. The maximum absolute atomic E-state index is 12.5. The minimum Gasteiger partial charge on any atom is -0.355 e. The van der Waals surface area contributed by atoms with Crippen LogP contribution in [0.15, 0.2) is 18.2 Å². The number of hydrogen-bond acceptors (Lipinski definition) is 4. The first-order chi connectivity index (χ1) is 12.5. The van der Waals surface area contributed by atoms with E-state index in [1.807, 2.05) is 0 Å². The number of benzene rings is 1. The SMILES string of the molecule is CC1(C(=O)NCCc2ccc3c(c2)CC(C(=O)NO)CC3)CCNCC1. The third-order valence-corrected chi connectivity index (χ3v) is 5.93. The third kappa shape index (κ3) is 4.24. The first kappa shape index (κ1) is 18.9. The van der Waals surface area contributed by atoms with Gasteiger partial charge in [-0.05, 0) is 68.3 Å². The Balaban J connectivity index is 1.54. The molecule has 1 unspecified atom stereocenters. The first-order valence-electron chi connectivity index (χ1n) is 9.55. The summed E-state index contributed by atoms with van der Waals surface area (Å²) in [6, 6.07) is 6.39. The van der Waals surface area contributed by atoms with Gasteiger partial charge in [0.05, 0.1) is 0 Å². The van der Waals surface area contributed by atoms with E-state index in [0.717, 1.165) is 45.2 Å². The van der Waals surface area contributed by atoms with Crippen molar-refractivity contribution in [1.82, 2.24) is 16.1 Å². The van der Waals surface area contributed by atoms with E-state index in [1.165, 1.54) is 16.7 Å². The van der Waals surface area contributed by atoms with Crippen molar-refractivity contribution in [2.45, 2.75) is 45.4 Å². The smallest absolute Gasteiger partial charge is 0.246 e. The van der Waals surface area contributed by atoms with Crippen molar-refractivity contribution < 1.29 is 14.8 Å². The van der Waals surface area contributed by atoms with Gasteiger partial charge in [0.15, 0.2) is 0 Å². The van der Waals surface area contributed by atoms with Crippen LogP contribution in [0.2, 0.25) is 0 Å². The van der Waals surface area contributed by atoms with Crippen molar-refractivity contribution >= 4 is 11.8 Å². The normalized spacial score (nSPS) is 21.5. The highest BCUT2D eigenvalue weighted by molar-refractivity contribution is 5.82. The van der Waals surface area contributed by atoms with Crippen molar-refractivity contribution in [3.63, 3.8) is 0 Å². The minimum absolute atomic E-state index is 0.150. The summed E-state index contributed by atoms with van der Waals surface area (Å²) in [5.74, 6) is -0.317. The lowest BCUT2D eigenvalue weighted by Gasteiger charge is -2.32. The standard InChI is InChI=1S/C20H29N3O3/c1-20(7-10-21-11-8-20)19(25)22-9-6-14-2-3-15-4-5-16(18(24)23-26)13-17(15)12-14/h2-3,12,16,21,26H,4-11,13H2,1H3,(H,22,25)(H,23,24). The lowest BCUT2D eigenvalue weighted by atomic mass is 9.80. The fourth-order valence-electron chi connectivity index (χ4n) is 4.02. The molecule has 3 rings (SSSR count). The lowest BCUT2D eigenvalue weighted by molar-refractivity contribution is -0.133. The topological polar surface area (TPSA) is 90.5 Å². The van der Waals surface area contributed by atoms with E-state index in [1.54, 1.807) is 5.48 Å². The Kier molecular flexibility index (Phi) is 5.94. The molecule has 142 valence electrons. The largest absolute Gasteiger partial charge is 0.355 e. The molecule has 0 bridgehead atoms. The molecule has 0 aromatic heterocycles. The van der Waals surface area contributed by atoms with Gasteiger partial charge in [-0.15, -0.1) is 0 Å². The van der Waals surface area contributed by atoms with E-state index in [9.17, 15) is 9.59 Å². The van der Waals surface area contributed by atoms with E-state index in [0.29, 0.717) is 13.0 Å². The highest BCUT2D eigenvalue weighted by atomic mass is 16.5. The third-order valence-electron chi connectivity index (χ3n) is 5.93. The fraction of sp³-hybridized carbons (Fsp3) is 0.600. The van der Waals surface area contributed by atoms with Gasteiger partial charge in [-0.2, -0.15) is 0 Å². The molecule has 1 aliphatic heterocycles. The molecule has 26 heavy (non-hydrogen) atoms. The van der Waals surface area contributed by atoms with Crippen molar-refractivity contribution in [1.29, 1.82) is 0 Å². The number of hydroxylamine groups is 1. The Labute approximate surface area is 154 Å². The summed E-state index contributed by atoms with van der Waals surface area (Å²) >= 11 is 0. The first-order valence-corrected chi connectivity index (χ1v) is 9.55. The summed E-state index contributed by atoms with van der Waals surface area (Å²) in [7, 11) is 0. The zero-order valence-electron chi connectivity index (χ0n) is 15.4. The monoisotopic (exact) mass is 359 g/mol. The Hall–Kier alpha value is -1.92. The summed E-state index contributed by atoms with van der Waals surface area (Å²) in [6.07, 6.45) is 4.83. The molecule has 4 N–H and O–H groups in total. The van der Waals surface area contributed by atoms with Crippen LogP contribution in [0.5, 0.6) is 0 Å². The van der Waals surface area contributed by atoms with Crippen LogP contribution < -0.4 is 16.1 Å². The van der Waals surface area contributed by atoms with Gasteiger partial charge in [0, 0.05) is 17.9 Å². The number of nitrogens with one attached hydrogen (secondary N) is 3. The molecule has 1 aliphatic carbocycles. The number of aryl methyl sites for hydroxylation is 1. The van der Waals surface area contributed by atoms with Crippen LogP contribution in [0.4, 0.5) is 0 Å². The molecular formula is C20H29N3O3. The van der Waals surface area contributed by atoms with Crippen molar-refractivity contribution in [3.8, 4) is 0 Å². The van der Waals surface area contributed by atoms with Crippen LogP contribution in [-0.2, 0) is 28.9 Å². The van der Waals surface area contributed by atoms with Gasteiger partial charge in [-0.1, -0.05) is 25.1 Å². The molecule has 1 saturated heterocycles. The Bertz CT molecular complexity index is 668. The number of amides is 2. The molecule has 1 atom stereocenters. The van der Waals surface area contributed by atoms with E-state index in [-0.39, 0.29) is 23.1 Å². The highest BCUT2D eigenvalue weighted by Gasteiger charge is 2.34. The van der Waals surface area contributed by atoms with Gasteiger partial charge in [-0.25, -0.2) is 5.48 Å². The average molecular weight is 359 g/mol. The van der Waals surface area contributed by atoms with Crippen molar-refractivity contribution in [3.05, 3.63) is 34.9 Å². The summed E-state index contributed by atoms with van der Waals surface area (Å²) in [5.41, 5.74) is 5.14. The number of carbonyl (C=O) groups excluding carboxylic acids is 2. The number of fused-ring (bicyclic) bond motifs is 1. The van der Waals surface area contributed by atoms with Crippen molar-refractivity contribution in [2.75, 3.05) is 19.6 Å². The summed E-state index contributed by atoms with van der Waals surface area (Å²) in [6.45, 7) is 4.48. The molecule has 1 aromatic carbocycles. The molecule has 0 spiro atoms. The average Bonchev–Trinajstić information content (AvgIpc) is 2.67. The lowest BCUT2D eigenvalue weighted by Crippen LogP contribution is -2.46. The second kappa shape index (κ2) is 8.18.